The molecule has 0 bridgehead atoms. The van der Waals surface area contributed by atoms with Gasteiger partial charge >= 0.3 is 0 Å². The molecule has 134 valence electrons. The predicted octanol–water partition coefficient (Wildman–Crippen LogP) is 1.68. The normalized spacial score (nSPS) is 39.4. The van der Waals surface area contributed by atoms with Crippen molar-refractivity contribution in [1.29, 1.82) is 0 Å². The second kappa shape index (κ2) is 7.81. The number of hydrogen-bond acceptors (Lipinski definition) is 5. The fourth-order valence-corrected chi connectivity index (χ4v) is 5.73. The van der Waals surface area contributed by atoms with Crippen LogP contribution >= 0.6 is 0 Å². The predicted molar refractivity (Wildman–Crippen MR) is 92.1 cm³/mol. The van der Waals surface area contributed by atoms with E-state index in [2.05, 4.69) is 10.6 Å². The van der Waals surface area contributed by atoms with Gasteiger partial charge in [0.1, 0.15) is 9.84 Å². The summed E-state index contributed by atoms with van der Waals surface area (Å²) in [5.41, 5.74) is 0. The van der Waals surface area contributed by atoms with Crippen molar-refractivity contribution >= 4 is 9.84 Å². The van der Waals surface area contributed by atoms with Crippen molar-refractivity contribution in [2.24, 2.45) is 11.8 Å². The van der Waals surface area contributed by atoms with Crippen molar-refractivity contribution in [2.75, 3.05) is 26.0 Å². The van der Waals surface area contributed by atoms with Crippen molar-refractivity contribution in [3.63, 3.8) is 0 Å². The summed E-state index contributed by atoms with van der Waals surface area (Å²) in [6.07, 6.45) is 10.8. The molecular weight excluding hydrogens is 312 g/mol. The molecule has 23 heavy (non-hydrogen) atoms. The molecule has 0 spiro atoms. The van der Waals surface area contributed by atoms with Gasteiger partial charge in [0, 0.05) is 19.4 Å². The number of rotatable bonds is 5. The molecule has 3 aliphatic rings. The van der Waals surface area contributed by atoms with Crippen LogP contribution in [0.1, 0.15) is 51.4 Å². The van der Waals surface area contributed by atoms with E-state index in [1.165, 1.54) is 31.9 Å². The average Bonchev–Trinajstić information content (AvgIpc) is 3.06. The quantitative estimate of drug-likeness (QED) is 0.794. The van der Waals surface area contributed by atoms with Gasteiger partial charge in [-0.05, 0) is 69.7 Å². The van der Waals surface area contributed by atoms with E-state index < -0.39 is 9.84 Å². The Hall–Kier alpha value is -0.170. The SMILES string of the molecule is CS(=O)(=O)C1CCC(C2CCNC(NCC3CCCO3)C2)CC1. The van der Waals surface area contributed by atoms with E-state index in [0.29, 0.717) is 18.2 Å². The minimum absolute atomic E-state index is 0.0890. The molecule has 0 aromatic carbocycles. The lowest BCUT2D eigenvalue weighted by atomic mass is 9.75. The van der Waals surface area contributed by atoms with Gasteiger partial charge in [-0.15, -0.1) is 0 Å². The smallest absolute Gasteiger partial charge is 0.150 e. The first-order valence-corrected chi connectivity index (χ1v) is 11.2. The first-order valence-electron chi connectivity index (χ1n) is 9.29. The molecule has 3 unspecified atom stereocenters. The first-order chi connectivity index (χ1) is 11.0. The summed E-state index contributed by atoms with van der Waals surface area (Å²) in [6.45, 7) is 2.93. The van der Waals surface area contributed by atoms with E-state index in [9.17, 15) is 8.42 Å². The van der Waals surface area contributed by atoms with Crippen LogP contribution in [0.2, 0.25) is 0 Å². The lowest BCUT2D eigenvalue weighted by Crippen LogP contribution is -2.51. The van der Waals surface area contributed by atoms with Gasteiger partial charge in [0.15, 0.2) is 0 Å². The Labute approximate surface area is 140 Å². The zero-order valence-electron chi connectivity index (χ0n) is 14.3. The maximum Gasteiger partial charge on any atom is 0.150 e. The lowest BCUT2D eigenvalue weighted by molar-refractivity contribution is 0.0982. The molecule has 2 N–H and O–H groups in total. The number of sulfone groups is 1. The molecule has 1 saturated carbocycles. The van der Waals surface area contributed by atoms with Crippen LogP contribution in [0.15, 0.2) is 0 Å². The molecule has 0 aromatic rings. The number of ether oxygens (including phenoxy) is 1. The van der Waals surface area contributed by atoms with Crippen molar-refractivity contribution in [3.8, 4) is 0 Å². The molecule has 0 aromatic heterocycles. The molecule has 3 atom stereocenters. The van der Waals surface area contributed by atoms with Crippen LogP contribution in [-0.4, -0.2) is 51.9 Å². The van der Waals surface area contributed by atoms with Crippen molar-refractivity contribution < 1.29 is 13.2 Å². The Morgan fingerprint density at radius 3 is 2.52 bits per heavy atom. The molecule has 2 saturated heterocycles. The van der Waals surface area contributed by atoms with Crippen LogP contribution < -0.4 is 10.6 Å². The summed E-state index contributed by atoms with van der Waals surface area (Å²) < 4.78 is 29.1. The standard InChI is InChI=1S/C17H32N2O3S/c1-23(20,21)16-6-4-13(5-7-16)14-8-9-18-17(11-14)19-12-15-3-2-10-22-15/h13-19H,2-12H2,1H3. The monoisotopic (exact) mass is 344 g/mol. The minimum Gasteiger partial charge on any atom is -0.377 e. The van der Waals surface area contributed by atoms with Gasteiger partial charge in [0.25, 0.3) is 0 Å². The van der Waals surface area contributed by atoms with Crippen molar-refractivity contribution in [2.45, 2.75) is 68.9 Å². The Balaban J connectivity index is 1.43. The van der Waals surface area contributed by atoms with Gasteiger partial charge in [-0.2, -0.15) is 0 Å². The molecule has 1 aliphatic carbocycles. The molecule has 2 heterocycles. The highest BCUT2D eigenvalue weighted by molar-refractivity contribution is 7.91. The molecule has 3 rings (SSSR count). The van der Waals surface area contributed by atoms with Crippen molar-refractivity contribution in [1.82, 2.24) is 10.6 Å². The maximum absolute atomic E-state index is 11.7. The molecule has 2 aliphatic heterocycles. The van der Waals surface area contributed by atoms with Gasteiger partial charge in [-0.1, -0.05) is 0 Å². The van der Waals surface area contributed by atoms with Crippen LogP contribution in [-0.2, 0) is 14.6 Å². The summed E-state index contributed by atoms with van der Waals surface area (Å²) >= 11 is 0. The minimum atomic E-state index is -2.85. The van der Waals surface area contributed by atoms with Crippen LogP contribution in [0.5, 0.6) is 0 Å². The van der Waals surface area contributed by atoms with E-state index in [4.69, 9.17) is 4.74 Å². The van der Waals surface area contributed by atoms with Gasteiger partial charge in [-0.25, -0.2) is 8.42 Å². The third kappa shape index (κ3) is 4.91. The van der Waals surface area contributed by atoms with Gasteiger partial charge in [0.2, 0.25) is 0 Å². The molecule has 0 amide bonds. The van der Waals surface area contributed by atoms with E-state index >= 15 is 0 Å². The average molecular weight is 345 g/mol. The molecule has 6 heteroatoms. The summed E-state index contributed by atoms with van der Waals surface area (Å²) in [7, 11) is -2.85. The number of hydrogen-bond donors (Lipinski definition) is 2. The molecular formula is C17H32N2O3S. The summed E-state index contributed by atoms with van der Waals surface area (Å²) in [5.74, 6) is 1.45. The first kappa shape index (κ1) is 17.6. The number of piperidine rings is 1. The van der Waals surface area contributed by atoms with Crippen molar-refractivity contribution in [3.05, 3.63) is 0 Å². The molecule has 5 nitrogen and oxygen atoms in total. The van der Waals surface area contributed by atoms with E-state index in [-0.39, 0.29) is 5.25 Å². The third-order valence-electron chi connectivity index (χ3n) is 6.05. The number of nitrogens with one attached hydrogen (secondary N) is 2. The second-order valence-corrected chi connectivity index (χ2v) is 10.0. The zero-order chi connectivity index (χ0) is 16.3. The third-order valence-corrected chi connectivity index (χ3v) is 7.73. The lowest BCUT2D eigenvalue weighted by Gasteiger charge is -2.39. The highest BCUT2D eigenvalue weighted by atomic mass is 32.2. The molecule has 0 radical (unpaired) electrons. The highest BCUT2D eigenvalue weighted by Crippen LogP contribution is 2.37. The Morgan fingerprint density at radius 1 is 1.09 bits per heavy atom. The largest absolute Gasteiger partial charge is 0.377 e. The summed E-state index contributed by atoms with van der Waals surface area (Å²) in [6, 6.07) is 0. The van der Waals surface area contributed by atoms with E-state index in [0.717, 1.165) is 51.3 Å². The van der Waals surface area contributed by atoms with E-state index in [1.54, 1.807) is 0 Å². The van der Waals surface area contributed by atoms with Gasteiger partial charge in [0.05, 0.1) is 17.5 Å². The van der Waals surface area contributed by atoms with Gasteiger partial charge < -0.3 is 10.1 Å². The second-order valence-electron chi connectivity index (χ2n) is 7.70. The summed E-state index contributed by atoms with van der Waals surface area (Å²) in [5, 5.41) is 7.13. The van der Waals surface area contributed by atoms with Crippen LogP contribution in [0, 0.1) is 11.8 Å². The Kier molecular flexibility index (Phi) is 5.99. The van der Waals surface area contributed by atoms with Crippen LogP contribution in [0.3, 0.4) is 0 Å². The van der Waals surface area contributed by atoms with Crippen LogP contribution in [0.25, 0.3) is 0 Å². The Bertz CT molecular complexity index is 468. The zero-order valence-corrected chi connectivity index (χ0v) is 15.1. The highest BCUT2D eigenvalue weighted by Gasteiger charge is 2.34. The van der Waals surface area contributed by atoms with E-state index in [1.807, 2.05) is 0 Å². The topological polar surface area (TPSA) is 67.4 Å². The maximum atomic E-state index is 11.7. The fraction of sp³-hybridized carbons (Fsp3) is 1.00. The van der Waals surface area contributed by atoms with Gasteiger partial charge in [-0.3, -0.25) is 5.32 Å². The molecule has 3 fully saturated rings. The summed E-state index contributed by atoms with van der Waals surface area (Å²) in [4.78, 5) is 0. The fourth-order valence-electron chi connectivity index (χ4n) is 4.60. The van der Waals surface area contributed by atoms with Crippen LogP contribution in [0.4, 0.5) is 0 Å². The Morgan fingerprint density at radius 2 is 1.87 bits per heavy atom.